The molecule has 2 heterocycles. The van der Waals surface area contributed by atoms with E-state index in [1.807, 2.05) is 0 Å². The van der Waals surface area contributed by atoms with Crippen molar-refractivity contribution in [3.63, 3.8) is 0 Å². The Balaban J connectivity index is 1.49. The van der Waals surface area contributed by atoms with Crippen LogP contribution in [-0.2, 0) is 0 Å². The second-order valence-electron chi connectivity index (χ2n) is 8.42. The van der Waals surface area contributed by atoms with E-state index in [4.69, 9.17) is 0 Å². The summed E-state index contributed by atoms with van der Waals surface area (Å²) in [7, 11) is 0. The maximum absolute atomic E-state index is 4.51. The molecule has 146 valence electrons. The number of nitrogens with zero attached hydrogens (tertiary/aromatic N) is 6. The zero-order valence-electron chi connectivity index (χ0n) is 16.7. The van der Waals surface area contributed by atoms with E-state index in [0.717, 1.165) is 38.4 Å². The van der Waals surface area contributed by atoms with Crippen LogP contribution in [0.4, 0.5) is 5.69 Å². The number of rotatable bonds is 6. The maximum atomic E-state index is 4.51. The summed E-state index contributed by atoms with van der Waals surface area (Å²) in [4.78, 5) is 5.10. The fourth-order valence-electron chi connectivity index (χ4n) is 4.62. The molecule has 6 nitrogen and oxygen atoms in total. The van der Waals surface area contributed by atoms with Crippen LogP contribution in [0.1, 0.15) is 63.9 Å². The first-order chi connectivity index (χ1) is 13.2. The molecule has 2 aliphatic rings. The average Bonchev–Trinajstić information content (AvgIpc) is 3.38. The van der Waals surface area contributed by atoms with Crippen molar-refractivity contribution in [2.75, 3.05) is 31.1 Å². The first kappa shape index (κ1) is 18.4. The molecule has 0 spiro atoms. The number of benzene rings is 1. The molecular formula is C21H32N6. The third-order valence-electron chi connectivity index (χ3n) is 6.06. The smallest absolute Gasteiger partial charge is 0.168 e. The van der Waals surface area contributed by atoms with Crippen molar-refractivity contribution < 1.29 is 0 Å². The number of hydrogen-bond acceptors (Lipinski definition) is 5. The minimum Gasteiger partial charge on any atom is -0.369 e. The van der Waals surface area contributed by atoms with Gasteiger partial charge in [-0.2, -0.15) is 0 Å². The highest BCUT2D eigenvalue weighted by Crippen LogP contribution is 2.34. The van der Waals surface area contributed by atoms with Gasteiger partial charge in [-0.1, -0.05) is 44.9 Å². The Morgan fingerprint density at radius 3 is 2.37 bits per heavy atom. The molecule has 1 aromatic carbocycles. The molecule has 1 unspecified atom stereocenters. The third kappa shape index (κ3) is 4.15. The van der Waals surface area contributed by atoms with Gasteiger partial charge in [-0.05, 0) is 47.7 Å². The molecule has 1 aliphatic carbocycles. The van der Waals surface area contributed by atoms with E-state index in [0.29, 0.717) is 18.0 Å². The van der Waals surface area contributed by atoms with Crippen molar-refractivity contribution >= 4 is 5.69 Å². The fraction of sp³-hybridized carbons (Fsp3) is 0.667. The van der Waals surface area contributed by atoms with Crippen molar-refractivity contribution in [2.45, 2.75) is 58.0 Å². The van der Waals surface area contributed by atoms with Crippen molar-refractivity contribution in [3.8, 4) is 0 Å². The summed E-state index contributed by atoms with van der Waals surface area (Å²) in [6.07, 6.45) is 6.14. The minimum absolute atomic E-state index is 0.318. The average molecular weight is 369 g/mol. The molecule has 2 fully saturated rings. The summed E-state index contributed by atoms with van der Waals surface area (Å²) >= 11 is 0. The van der Waals surface area contributed by atoms with E-state index in [1.54, 1.807) is 0 Å². The number of piperazine rings is 1. The summed E-state index contributed by atoms with van der Waals surface area (Å²) in [5.74, 6) is 1.71. The van der Waals surface area contributed by atoms with Gasteiger partial charge in [0.15, 0.2) is 5.82 Å². The first-order valence-electron chi connectivity index (χ1n) is 10.5. The lowest BCUT2D eigenvalue weighted by Gasteiger charge is -2.40. The van der Waals surface area contributed by atoms with E-state index in [1.165, 1.54) is 31.4 Å². The molecular weight excluding hydrogens is 336 g/mol. The van der Waals surface area contributed by atoms with Gasteiger partial charge < -0.3 is 4.90 Å². The Bertz CT molecular complexity index is 698. The molecule has 1 saturated carbocycles. The van der Waals surface area contributed by atoms with Crippen LogP contribution in [0.25, 0.3) is 0 Å². The van der Waals surface area contributed by atoms with Crippen LogP contribution >= 0.6 is 0 Å². The van der Waals surface area contributed by atoms with Crippen LogP contribution in [0.5, 0.6) is 0 Å². The highest BCUT2D eigenvalue weighted by atomic mass is 15.6. The summed E-state index contributed by atoms with van der Waals surface area (Å²) in [6, 6.07) is 11.6. The normalized spacial score (nSPS) is 20.5. The molecule has 0 bridgehead atoms. The second-order valence-corrected chi connectivity index (χ2v) is 8.42. The van der Waals surface area contributed by atoms with Crippen molar-refractivity contribution in [3.05, 3.63) is 36.2 Å². The van der Waals surface area contributed by atoms with E-state index in [-0.39, 0.29) is 0 Å². The van der Waals surface area contributed by atoms with Gasteiger partial charge in [-0.15, -0.1) is 5.10 Å². The Hall–Kier alpha value is -1.95. The molecule has 6 heteroatoms. The van der Waals surface area contributed by atoms with Crippen LogP contribution in [0.15, 0.2) is 30.3 Å². The lowest BCUT2D eigenvalue weighted by molar-refractivity contribution is 0.150. The SMILES string of the molecule is CC(C)CC(c1nnnn1C1CCCC1)N1CCN(c2ccccc2)CC1. The fourth-order valence-corrected chi connectivity index (χ4v) is 4.62. The van der Waals surface area contributed by atoms with Gasteiger partial charge in [-0.3, -0.25) is 4.90 Å². The quantitative estimate of drug-likeness (QED) is 0.778. The van der Waals surface area contributed by atoms with Gasteiger partial charge in [0.05, 0.1) is 12.1 Å². The number of hydrogen-bond donors (Lipinski definition) is 0. The van der Waals surface area contributed by atoms with Gasteiger partial charge in [0.1, 0.15) is 0 Å². The van der Waals surface area contributed by atoms with Gasteiger partial charge in [0, 0.05) is 31.9 Å². The molecule has 4 rings (SSSR count). The molecule has 27 heavy (non-hydrogen) atoms. The summed E-state index contributed by atoms with van der Waals surface area (Å²) in [6.45, 7) is 8.84. The lowest BCUT2D eigenvalue weighted by atomic mass is 10.0. The van der Waals surface area contributed by atoms with Crippen LogP contribution in [-0.4, -0.2) is 51.3 Å². The zero-order chi connectivity index (χ0) is 18.6. The largest absolute Gasteiger partial charge is 0.369 e. The monoisotopic (exact) mass is 368 g/mol. The van der Waals surface area contributed by atoms with Gasteiger partial charge in [0.25, 0.3) is 0 Å². The Kier molecular flexibility index (Phi) is 5.72. The molecule has 1 atom stereocenters. The number of tetrazole rings is 1. The molecule has 1 aromatic heterocycles. The van der Waals surface area contributed by atoms with Crippen LogP contribution in [0.3, 0.4) is 0 Å². The van der Waals surface area contributed by atoms with Gasteiger partial charge in [0.2, 0.25) is 0 Å². The molecule has 0 N–H and O–H groups in total. The molecule has 1 aliphatic heterocycles. The second kappa shape index (κ2) is 8.38. The molecule has 0 amide bonds. The summed E-state index contributed by atoms with van der Waals surface area (Å²) in [5.41, 5.74) is 1.33. The summed E-state index contributed by atoms with van der Waals surface area (Å²) < 4.78 is 2.16. The number of anilines is 1. The maximum Gasteiger partial charge on any atom is 0.168 e. The Labute approximate surface area is 162 Å². The molecule has 0 radical (unpaired) electrons. The van der Waals surface area contributed by atoms with Crippen LogP contribution < -0.4 is 4.90 Å². The zero-order valence-corrected chi connectivity index (χ0v) is 16.7. The lowest BCUT2D eigenvalue weighted by Crippen LogP contribution is -2.48. The predicted octanol–water partition coefficient (Wildman–Crippen LogP) is 3.70. The standard InChI is InChI=1S/C21H32N6/c1-17(2)16-20(21-22-23-24-27(21)19-10-6-7-11-19)26-14-12-25(13-15-26)18-8-4-3-5-9-18/h3-5,8-9,17,19-20H,6-7,10-16H2,1-2H3. The van der Waals surface area contributed by atoms with Gasteiger partial charge >= 0.3 is 0 Å². The van der Waals surface area contributed by atoms with Crippen LogP contribution in [0.2, 0.25) is 0 Å². The number of para-hydroxylation sites is 1. The Morgan fingerprint density at radius 1 is 1.00 bits per heavy atom. The minimum atomic E-state index is 0.318. The van der Waals surface area contributed by atoms with Crippen LogP contribution in [0, 0.1) is 5.92 Å². The predicted molar refractivity (Wildman–Crippen MR) is 108 cm³/mol. The van der Waals surface area contributed by atoms with Crippen molar-refractivity contribution in [1.29, 1.82) is 0 Å². The number of aromatic nitrogens is 4. The Morgan fingerprint density at radius 2 is 1.70 bits per heavy atom. The van der Waals surface area contributed by atoms with E-state index < -0.39 is 0 Å². The van der Waals surface area contributed by atoms with Gasteiger partial charge in [-0.25, -0.2) is 4.68 Å². The van der Waals surface area contributed by atoms with Crippen molar-refractivity contribution in [1.82, 2.24) is 25.1 Å². The summed E-state index contributed by atoms with van der Waals surface area (Å²) in [5, 5.41) is 13.0. The van der Waals surface area contributed by atoms with E-state index in [2.05, 4.69) is 74.2 Å². The first-order valence-corrected chi connectivity index (χ1v) is 10.5. The third-order valence-corrected chi connectivity index (χ3v) is 6.06. The highest BCUT2D eigenvalue weighted by molar-refractivity contribution is 5.46. The highest BCUT2D eigenvalue weighted by Gasteiger charge is 2.32. The molecule has 2 aromatic rings. The van der Waals surface area contributed by atoms with E-state index in [9.17, 15) is 0 Å². The van der Waals surface area contributed by atoms with Crippen molar-refractivity contribution in [2.24, 2.45) is 5.92 Å². The topological polar surface area (TPSA) is 50.1 Å². The molecule has 1 saturated heterocycles. The van der Waals surface area contributed by atoms with E-state index >= 15 is 0 Å².